The molecule has 1 aliphatic heterocycles. The molecule has 1 amide bonds. The summed E-state index contributed by atoms with van der Waals surface area (Å²) in [6, 6.07) is 17.0. The molecule has 1 aliphatic rings. The zero-order chi connectivity index (χ0) is 15.9. The zero-order valence-corrected chi connectivity index (χ0v) is 12.8. The Morgan fingerprint density at radius 1 is 1.04 bits per heavy atom. The molecule has 5 nitrogen and oxygen atoms in total. The number of para-hydroxylation sites is 2. The summed E-state index contributed by atoms with van der Waals surface area (Å²) in [7, 11) is 0. The van der Waals surface area contributed by atoms with Crippen molar-refractivity contribution in [2.24, 2.45) is 0 Å². The van der Waals surface area contributed by atoms with Crippen molar-refractivity contribution >= 4 is 17.3 Å². The lowest BCUT2D eigenvalue weighted by atomic mass is 10.1. The number of anilines is 2. The van der Waals surface area contributed by atoms with Gasteiger partial charge in [-0.1, -0.05) is 30.3 Å². The minimum Gasteiger partial charge on any atom is -0.355 e. The van der Waals surface area contributed by atoms with Gasteiger partial charge in [-0.25, -0.2) is 10.3 Å². The monoisotopic (exact) mass is 312 g/mol. The van der Waals surface area contributed by atoms with E-state index < -0.39 is 0 Å². The first-order valence-electron chi connectivity index (χ1n) is 7.81. The summed E-state index contributed by atoms with van der Waals surface area (Å²) in [5, 5.41) is 3.24. The molecule has 0 saturated carbocycles. The van der Waals surface area contributed by atoms with E-state index in [1.54, 1.807) is 6.07 Å². The van der Waals surface area contributed by atoms with Gasteiger partial charge in [0.15, 0.2) is 6.29 Å². The Labute approximate surface area is 135 Å². The van der Waals surface area contributed by atoms with Gasteiger partial charge in [0.25, 0.3) is 5.91 Å². The van der Waals surface area contributed by atoms with Crippen LogP contribution in [0.15, 0.2) is 54.6 Å². The maximum Gasteiger partial charge on any atom is 0.277 e. The highest BCUT2D eigenvalue weighted by Crippen LogP contribution is 2.21. The van der Waals surface area contributed by atoms with Gasteiger partial charge >= 0.3 is 0 Å². The second kappa shape index (κ2) is 7.76. The van der Waals surface area contributed by atoms with Crippen LogP contribution in [0.3, 0.4) is 0 Å². The van der Waals surface area contributed by atoms with Crippen molar-refractivity contribution in [3.05, 3.63) is 60.2 Å². The Balaban J connectivity index is 1.65. The molecule has 5 heteroatoms. The second-order valence-corrected chi connectivity index (χ2v) is 5.38. The van der Waals surface area contributed by atoms with Crippen LogP contribution in [0.5, 0.6) is 0 Å². The van der Waals surface area contributed by atoms with E-state index >= 15 is 0 Å². The summed E-state index contributed by atoms with van der Waals surface area (Å²) >= 11 is 0. The first kappa shape index (κ1) is 15.5. The third-order valence-electron chi connectivity index (χ3n) is 3.65. The Kier molecular flexibility index (Phi) is 5.24. The Bertz CT molecular complexity index is 640. The van der Waals surface area contributed by atoms with E-state index in [-0.39, 0.29) is 12.2 Å². The average molecular weight is 312 g/mol. The smallest absolute Gasteiger partial charge is 0.277 e. The van der Waals surface area contributed by atoms with Gasteiger partial charge < -0.3 is 10.1 Å². The molecule has 1 fully saturated rings. The Morgan fingerprint density at radius 2 is 1.83 bits per heavy atom. The molecular formula is C18H20N2O3. The lowest BCUT2D eigenvalue weighted by Crippen LogP contribution is -2.33. The topological polar surface area (TPSA) is 59.6 Å². The summed E-state index contributed by atoms with van der Waals surface area (Å²) in [5.74, 6) is -0.293. The second-order valence-electron chi connectivity index (χ2n) is 5.38. The summed E-state index contributed by atoms with van der Waals surface area (Å²) in [6.07, 6.45) is 2.52. The van der Waals surface area contributed by atoms with E-state index in [0.717, 1.165) is 30.6 Å². The van der Waals surface area contributed by atoms with Gasteiger partial charge in [-0.3, -0.25) is 4.79 Å². The number of benzene rings is 2. The molecule has 2 aromatic carbocycles. The highest BCUT2D eigenvalue weighted by atomic mass is 16.8. The minimum absolute atomic E-state index is 0.293. The SMILES string of the molecule is O=C(NOC1CCCCO1)c1ccccc1Nc1ccccc1. The van der Waals surface area contributed by atoms with Crippen molar-refractivity contribution < 1.29 is 14.4 Å². The van der Waals surface area contributed by atoms with Crippen molar-refractivity contribution in [2.75, 3.05) is 11.9 Å². The number of nitrogens with one attached hydrogen (secondary N) is 2. The molecule has 0 radical (unpaired) electrons. The van der Waals surface area contributed by atoms with E-state index in [4.69, 9.17) is 9.57 Å². The van der Waals surface area contributed by atoms with Crippen molar-refractivity contribution in [2.45, 2.75) is 25.6 Å². The summed E-state index contributed by atoms with van der Waals surface area (Å²) in [6.45, 7) is 0.673. The number of hydrogen-bond donors (Lipinski definition) is 2. The number of amides is 1. The van der Waals surface area contributed by atoms with Crippen molar-refractivity contribution in [3.63, 3.8) is 0 Å². The molecule has 3 rings (SSSR count). The summed E-state index contributed by atoms with van der Waals surface area (Å²) in [4.78, 5) is 17.7. The molecule has 1 unspecified atom stereocenters. The van der Waals surface area contributed by atoms with E-state index in [2.05, 4.69) is 10.8 Å². The molecule has 2 aromatic rings. The van der Waals surface area contributed by atoms with Crippen molar-refractivity contribution in [3.8, 4) is 0 Å². The maximum absolute atomic E-state index is 12.4. The molecule has 1 atom stereocenters. The van der Waals surface area contributed by atoms with Gasteiger partial charge in [0.1, 0.15) is 0 Å². The lowest BCUT2D eigenvalue weighted by molar-refractivity contribution is -0.186. The lowest BCUT2D eigenvalue weighted by Gasteiger charge is -2.22. The average Bonchev–Trinajstić information content (AvgIpc) is 2.62. The van der Waals surface area contributed by atoms with E-state index in [1.165, 1.54) is 0 Å². The molecular weight excluding hydrogens is 292 g/mol. The third kappa shape index (κ3) is 4.31. The summed E-state index contributed by atoms with van der Waals surface area (Å²) in [5.41, 5.74) is 4.66. The minimum atomic E-state index is -0.359. The predicted octanol–water partition coefficient (Wildman–Crippen LogP) is 3.62. The Hall–Kier alpha value is -2.37. The van der Waals surface area contributed by atoms with E-state index in [0.29, 0.717) is 12.2 Å². The molecule has 1 heterocycles. The fourth-order valence-corrected chi connectivity index (χ4v) is 2.45. The Morgan fingerprint density at radius 3 is 2.61 bits per heavy atom. The van der Waals surface area contributed by atoms with Crippen LogP contribution >= 0.6 is 0 Å². The quantitative estimate of drug-likeness (QED) is 0.828. The number of hydrogen-bond acceptors (Lipinski definition) is 4. The van der Waals surface area contributed by atoms with Crippen LogP contribution in [0, 0.1) is 0 Å². The van der Waals surface area contributed by atoms with Crippen LogP contribution < -0.4 is 10.8 Å². The molecule has 0 bridgehead atoms. The van der Waals surface area contributed by atoms with Gasteiger partial charge in [-0.15, -0.1) is 0 Å². The third-order valence-corrected chi connectivity index (χ3v) is 3.65. The molecule has 2 N–H and O–H groups in total. The van der Waals surface area contributed by atoms with Crippen molar-refractivity contribution in [1.82, 2.24) is 5.48 Å². The highest BCUT2D eigenvalue weighted by molar-refractivity contribution is 5.99. The highest BCUT2D eigenvalue weighted by Gasteiger charge is 2.17. The van der Waals surface area contributed by atoms with Crippen molar-refractivity contribution in [1.29, 1.82) is 0 Å². The molecule has 1 saturated heterocycles. The van der Waals surface area contributed by atoms with Gasteiger partial charge in [0, 0.05) is 18.7 Å². The fraction of sp³-hybridized carbons (Fsp3) is 0.278. The first-order valence-corrected chi connectivity index (χ1v) is 7.81. The number of carbonyl (C=O) groups excluding carboxylic acids is 1. The van der Waals surface area contributed by atoms with Crippen LogP contribution in [0.4, 0.5) is 11.4 Å². The van der Waals surface area contributed by atoms with E-state index in [9.17, 15) is 4.79 Å². The fourth-order valence-electron chi connectivity index (χ4n) is 2.45. The molecule has 0 aromatic heterocycles. The van der Waals surface area contributed by atoms with Gasteiger partial charge in [0.05, 0.1) is 11.3 Å². The van der Waals surface area contributed by atoms with Gasteiger partial charge in [0.2, 0.25) is 0 Å². The number of rotatable bonds is 5. The van der Waals surface area contributed by atoms with E-state index in [1.807, 2.05) is 48.5 Å². The summed E-state index contributed by atoms with van der Waals surface area (Å²) < 4.78 is 5.44. The number of hydroxylamine groups is 1. The normalized spacial score (nSPS) is 17.5. The molecule has 120 valence electrons. The van der Waals surface area contributed by atoms with Crippen LogP contribution in [-0.2, 0) is 9.57 Å². The largest absolute Gasteiger partial charge is 0.355 e. The number of carbonyl (C=O) groups is 1. The van der Waals surface area contributed by atoms with Crippen LogP contribution in [0.25, 0.3) is 0 Å². The standard InChI is InChI=1S/C18H20N2O3/c21-18(20-23-17-12-6-7-13-22-17)15-10-4-5-11-16(15)19-14-8-2-1-3-9-14/h1-5,8-11,17,19H,6-7,12-13H2,(H,20,21). The van der Waals surface area contributed by atoms with Gasteiger partial charge in [-0.05, 0) is 37.1 Å². The van der Waals surface area contributed by atoms with Crippen LogP contribution in [-0.4, -0.2) is 18.8 Å². The molecule has 0 aliphatic carbocycles. The predicted molar refractivity (Wildman–Crippen MR) is 88.3 cm³/mol. The maximum atomic E-state index is 12.4. The first-order chi connectivity index (χ1) is 11.3. The van der Waals surface area contributed by atoms with Crippen LogP contribution in [0.1, 0.15) is 29.6 Å². The number of ether oxygens (including phenoxy) is 1. The zero-order valence-electron chi connectivity index (χ0n) is 12.8. The molecule has 23 heavy (non-hydrogen) atoms. The van der Waals surface area contributed by atoms with Gasteiger partial charge in [-0.2, -0.15) is 0 Å². The molecule has 0 spiro atoms. The van der Waals surface area contributed by atoms with Crippen LogP contribution in [0.2, 0.25) is 0 Å².